The molecule has 0 amide bonds. The zero-order chi connectivity index (χ0) is 19.6. The lowest BCUT2D eigenvalue weighted by molar-refractivity contribution is -0.161. The SMILES string of the molecule is O=C(OCC(F)(F)F)c1ncc2cc(Cc3ccc(F)cc3)cnc2c1O. The van der Waals surface area contributed by atoms with Gasteiger partial charge in [-0.05, 0) is 35.7 Å². The molecule has 0 bridgehead atoms. The lowest BCUT2D eigenvalue weighted by Crippen LogP contribution is -2.21. The molecule has 0 aliphatic heterocycles. The van der Waals surface area contributed by atoms with Gasteiger partial charge in [-0.2, -0.15) is 13.2 Å². The number of aromatic nitrogens is 2. The molecule has 0 aliphatic rings. The van der Waals surface area contributed by atoms with Crippen LogP contribution in [0.5, 0.6) is 5.75 Å². The third-order valence-electron chi connectivity index (χ3n) is 3.64. The highest BCUT2D eigenvalue weighted by Gasteiger charge is 2.31. The van der Waals surface area contributed by atoms with Crippen LogP contribution in [0.2, 0.25) is 0 Å². The maximum atomic E-state index is 13.0. The summed E-state index contributed by atoms with van der Waals surface area (Å²) in [5, 5.41) is 10.5. The average Bonchev–Trinajstić information content (AvgIpc) is 2.61. The average molecular weight is 380 g/mol. The van der Waals surface area contributed by atoms with E-state index in [1.54, 1.807) is 18.2 Å². The summed E-state index contributed by atoms with van der Waals surface area (Å²) in [5.74, 6) is -2.41. The van der Waals surface area contributed by atoms with Gasteiger partial charge in [0.15, 0.2) is 18.1 Å². The number of aromatic hydroxyl groups is 1. The van der Waals surface area contributed by atoms with Crippen molar-refractivity contribution in [2.24, 2.45) is 0 Å². The Kier molecular flexibility index (Phi) is 4.93. The van der Waals surface area contributed by atoms with Crippen molar-refractivity contribution in [1.29, 1.82) is 0 Å². The van der Waals surface area contributed by atoms with Gasteiger partial charge in [0.25, 0.3) is 0 Å². The van der Waals surface area contributed by atoms with E-state index in [0.29, 0.717) is 11.8 Å². The second-order valence-electron chi connectivity index (χ2n) is 5.73. The highest BCUT2D eigenvalue weighted by Crippen LogP contribution is 2.27. The molecule has 0 fully saturated rings. The maximum Gasteiger partial charge on any atom is 0.422 e. The Morgan fingerprint density at radius 2 is 1.78 bits per heavy atom. The number of carbonyl (C=O) groups is 1. The molecule has 1 aromatic carbocycles. The molecule has 2 heterocycles. The number of halogens is 4. The van der Waals surface area contributed by atoms with Crippen LogP contribution in [0.1, 0.15) is 21.6 Å². The number of ether oxygens (including phenoxy) is 1. The Morgan fingerprint density at radius 3 is 2.44 bits per heavy atom. The van der Waals surface area contributed by atoms with Gasteiger partial charge in [-0.3, -0.25) is 4.98 Å². The summed E-state index contributed by atoms with van der Waals surface area (Å²) in [7, 11) is 0. The first-order valence-electron chi connectivity index (χ1n) is 7.68. The van der Waals surface area contributed by atoms with E-state index in [1.165, 1.54) is 24.5 Å². The number of hydrogen-bond donors (Lipinski definition) is 1. The van der Waals surface area contributed by atoms with Crippen molar-refractivity contribution in [2.45, 2.75) is 12.6 Å². The first-order chi connectivity index (χ1) is 12.7. The van der Waals surface area contributed by atoms with Gasteiger partial charge in [-0.15, -0.1) is 0 Å². The lowest BCUT2D eigenvalue weighted by atomic mass is 10.1. The monoisotopic (exact) mass is 380 g/mol. The second-order valence-corrected chi connectivity index (χ2v) is 5.73. The van der Waals surface area contributed by atoms with E-state index in [2.05, 4.69) is 14.7 Å². The maximum absolute atomic E-state index is 13.0. The van der Waals surface area contributed by atoms with E-state index in [-0.39, 0.29) is 11.3 Å². The summed E-state index contributed by atoms with van der Waals surface area (Å²) in [5.41, 5.74) is 0.933. The van der Waals surface area contributed by atoms with E-state index >= 15 is 0 Å². The van der Waals surface area contributed by atoms with Crippen LogP contribution in [0.4, 0.5) is 17.6 Å². The minimum Gasteiger partial charge on any atom is -0.504 e. The molecule has 5 nitrogen and oxygen atoms in total. The Labute approximate surface area is 150 Å². The third kappa shape index (κ3) is 4.49. The highest BCUT2D eigenvalue weighted by atomic mass is 19.4. The van der Waals surface area contributed by atoms with Crippen molar-refractivity contribution in [3.63, 3.8) is 0 Å². The fraction of sp³-hybridized carbons (Fsp3) is 0.167. The van der Waals surface area contributed by atoms with Crippen molar-refractivity contribution in [3.05, 3.63) is 65.4 Å². The molecule has 0 aliphatic carbocycles. The van der Waals surface area contributed by atoms with Gasteiger partial charge in [0.1, 0.15) is 11.3 Å². The number of pyridine rings is 2. The van der Waals surface area contributed by atoms with Crippen LogP contribution in [0.3, 0.4) is 0 Å². The molecular weight excluding hydrogens is 368 g/mol. The minimum atomic E-state index is -4.68. The molecule has 0 radical (unpaired) electrons. The molecule has 0 unspecified atom stereocenters. The predicted molar refractivity (Wildman–Crippen MR) is 86.7 cm³/mol. The van der Waals surface area contributed by atoms with Crippen LogP contribution < -0.4 is 0 Å². The van der Waals surface area contributed by atoms with Crippen molar-refractivity contribution in [3.8, 4) is 5.75 Å². The van der Waals surface area contributed by atoms with Crippen molar-refractivity contribution < 1.29 is 32.2 Å². The first kappa shape index (κ1) is 18.6. The van der Waals surface area contributed by atoms with E-state index in [9.17, 15) is 27.5 Å². The van der Waals surface area contributed by atoms with Gasteiger partial charge < -0.3 is 9.84 Å². The summed E-state index contributed by atoms with van der Waals surface area (Å²) < 4.78 is 53.5. The van der Waals surface area contributed by atoms with Gasteiger partial charge in [0, 0.05) is 17.8 Å². The summed E-state index contributed by atoms with van der Waals surface area (Å²) in [4.78, 5) is 19.4. The zero-order valence-corrected chi connectivity index (χ0v) is 13.6. The van der Waals surface area contributed by atoms with Gasteiger partial charge in [0.05, 0.1) is 0 Å². The summed E-state index contributed by atoms with van der Waals surface area (Å²) >= 11 is 0. The molecular formula is C18H12F4N2O3. The van der Waals surface area contributed by atoms with Crippen LogP contribution in [-0.4, -0.2) is 33.8 Å². The minimum absolute atomic E-state index is 0.00631. The molecule has 27 heavy (non-hydrogen) atoms. The van der Waals surface area contributed by atoms with E-state index in [4.69, 9.17) is 0 Å². The molecule has 1 N–H and O–H groups in total. The number of nitrogens with zero attached hydrogens (tertiary/aromatic N) is 2. The number of rotatable bonds is 4. The summed E-state index contributed by atoms with van der Waals surface area (Å²) in [6.45, 7) is -1.78. The number of alkyl halides is 3. The van der Waals surface area contributed by atoms with Crippen LogP contribution >= 0.6 is 0 Å². The van der Waals surface area contributed by atoms with Crippen LogP contribution in [0, 0.1) is 5.82 Å². The highest BCUT2D eigenvalue weighted by molar-refractivity contribution is 5.97. The topological polar surface area (TPSA) is 72.3 Å². The first-order valence-corrected chi connectivity index (χ1v) is 7.68. The molecule has 0 saturated heterocycles. The van der Waals surface area contributed by atoms with Gasteiger partial charge >= 0.3 is 12.1 Å². The van der Waals surface area contributed by atoms with Crippen molar-refractivity contribution >= 4 is 16.9 Å². The molecule has 0 saturated carbocycles. The van der Waals surface area contributed by atoms with Crippen molar-refractivity contribution in [2.75, 3.05) is 6.61 Å². The molecule has 140 valence electrons. The summed E-state index contributed by atoms with van der Waals surface area (Å²) in [6.07, 6.45) is -1.59. The number of carbonyl (C=O) groups excluding carboxylic acids is 1. The number of esters is 1. The molecule has 2 aromatic heterocycles. The lowest BCUT2D eigenvalue weighted by Gasteiger charge is -2.10. The molecule has 9 heteroatoms. The zero-order valence-electron chi connectivity index (χ0n) is 13.6. The molecule has 3 aromatic rings. The number of hydrogen-bond acceptors (Lipinski definition) is 5. The molecule has 0 spiro atoms. The van der Waals surface area contributed by atoms with Crippen molar-refractivity contribution in [1.82, 2.24) is 9.97 Å². The largest absolute Gasteiger partial charge is 0.504 e. The Morgan fingerprint density at radius 1 is 1.07 bits per heavy atom. The fourth-order valence-electron chi connectivity index (χ4n) is 2.43. The Bertz CT molecular complexity index is 988. The van der Waals surface area contributed by atoms with Crippen LogP contribution in [0.15, 0.2) is 42.7 Å². The Hall–Kier alpha value is -3.23. The van der Waals surface area contributed by atoms with Gasteiger partial charge in [0.2, 0.25) is 0 Å². The molecule has 3 rings (SSSR count). The van der Waals surface area contributed by atoms with Gasteiger partial charge in [-0.25, -0.2) is 14.2 Å². The number of benzene rings is 1. The summed E-state index contributed by atoms with van der Waals surface area (Å²) in [6, 6.07) is 7.55. The number of fused-ring (bicyclic) bond motifs is 1. The van der Waals surface area contributed by atoms with E-state index < -0.39 is 30.2 Å². The standard InChI is InChI=1S/C18H12F4N2O3/c19-13-3-1-10(2-4-13)5-11-6-12-8-24-15(16(25)14(12)23-7-11)17(26)27-9-18(20,21)22/h1-4,6-8,25H,5,9H2. The van der Waals surface area contributed by atoms with Crippen LogP contribution in [-0.2, 0) is 11.2 Å². The smallest absolute Gasteiger partial charge is 0.422 e. The normalized spacial score (nSPS) is 11.6. The second kappa shape index (κ2) is 7.18. The van der Waals surface area contributed by atoms with Gasteiger partial charge in [-0.1, -0.05) is 12.1 Å². The third-order valence-corrected chi connectivity index (χ3v) is 3.64. The molecule has 0 atom stereocenters. The fourth-order valence-corrected chi connectivity index (χ4v) is 2.43. The quantitative estimate of drug-likeness (QED) is 0.551. The van der Waals surface area contributed by atoms with E-state index in [0.717, 1.165) is 11.1 Å². The predicted octanol–water partition coefficient (Wildman–Crippen LogP) is 3.78. The van der Waals surface area contributed by atoms with E-state index in [1.807, 2.05) is 0 Å². The Balaban J connectivity index is 1.84. The van der Waals surface area contributed by atoms with Crippen LogP contribution in [0.25, 0.3) is 10.9 Å².